The van der Waals surface area contributed by atoms with E-state index in [4.69, 9.17) is 11.5 Å². The van der Waals surface area contributed by atoms with Gasteiger partial charge in [-0.05, 0) is 18.6 Å². The van der Waals surface area contributed by atoms with Gasteiger partial charge in [0.1, 0.15) is 6.10 Å². The van der Waals surface area contributed by atoms with Gasteiger partial charge in [0.2, 0.25) is 0 Å². The lowest BCUT2D eigenvalue weighted by atomic mass is 9.97. The lowest BCUT2D eigenvalue weighted by molar-refractivity contribution is 0.0131. The van der Waals surface area contributed by atoms with Crippen molar-refractivity contribution in [3.63, 3.8) is 0 Å². The summed E-state index contributed by atoms with van der Waals surface area (Å²) in [7, 11) is 0. The Hall–Kier alpha value is -1.26. The Balaban J connectivity index is 2.82. The van der Waals surface area contributed by atoms with Gasteiger partial charge in [0.25, 0.3) is 0 Å². The van der Waals surface area contributed by atoms with E-state index in [-0.39, 0.29) is 0 Å². The fourth-order valence-electron chi connectivity index (χ4n) is 1.71. The quantitative estimate of drug-likeness (QED) is 0.569. The second kappa shape index (κ2) is 5.72. The first-order valence-corrected chi connectivity index (χ1v) is 5.58. The molecule has 4 heteroatoms. The summed E-state index contributed by atoms with van der Waals surface area (Å²) in [6.45, 7) is 2.03. The van der Waals surface area contributed by atoms with Crippen molar-refractivity contribution in [2.75, 3.05) is 11.5 Å². The molecule has 90 valence electrons. The highest BCUT2D eigenvalue weighted by molar-refractivity contribution is 5.62. The summed E-state index contributed by atoms with van der Waals surface area (Å²) in [5.41, 5.74) is 12.8. The van der Waals surface area contributed by atoms with Gasteiger partial charge in [-0.2, -0.15) is 0 Å². The number of hydrogen-bond acceptors (Lipinski definition) is 4. The lowest BCUT2D eigenvalue weighted by Gasteiger charge is -2.20. The van der Waals surface area contributed by atoms with Crippen LogP contribution >= 0.6 is 0 Å². The van der Waals surface area contributed by atoms with E-state index in [0.29, 0.717) is 23.4 Å². The molecule has 0 saturated carbocycles. The third-order valence-electron chi connectivity index (χ3n) is 2.69. The van der Waals surface area contributed by atoms with E-state index in [1.54, 1.807) is 18.2 Å². The molecule has 0 fully saturated rings. The van der Waals surface area contributed by atoms with Crippen LogP contribution in [0.2, 0.25) is 0 Å². The van der Waals surface area contributed by atoms with Gasteiger partial charge in [0, 0.05) is 16.9 Å². The number of rotatable bonds is 5. The first-order valence-electron chi connectivity index (χ1n) is 5.58. The molecule has 0 aliphatic carbocycles. The fraction of sp³-hybridized carbons (Fsp3) is 0.500. The average molecular weight is 224 g/mol. The minimum Gasteiger partial charge on any atom is -0.398 e. The van der Waals surface area contributed by atoms with E-state index < -0.39 is 12.2 Å². The molecular formula is C12H20N2O2. The Labute approximate surface area is 95.9 Å². The summed E-state index contributed by atoms with van der Waals surface area (Å²) >= 11 is 0. The molecule has 6 N–H and O–H groups in total. The number of unbranched alkanes of at least 4 members (excludes halogenated alkanes) is 1. The number of aliphatic hydroxyl groups is 2. The zero-order valence-corrected chi connectivity index (χ0v) is 9.56. The molecule has 0 aromatic heterocycles. The van der Waals surface area contributed by atoms with Crippen molar-refractivity contribution < 1.29 is 10.2 Å². The van der Waals surface area contributed by atoms with E-state index in [1.165, 1.54) is 0 Å². The largest absolute Gasteiger partial charge is 0.398 e. The van der Waals surface area contributed by atoms with Crippen molar-refractivity contribution in [3.8, 4) is 0 Å². The van der Waals surface area contributed by atoms with Crippen molar-refractivity contribution in [2.45, 2.75) is 38.4 Å². The SMILES string of the molecule is CCCC[C@@H](O)[C@H](O)c1c(N)cccc1N. The van der Waals surface area contributed by atoms with Gasteiger partial charge in [-0.15, -0.1) is 0 Å². The highest BCUT2D eigenvalue weighted by Crippen LogP contribution is 2.30. The smallest absolute Gasteiger partial charge is 0.109 e. The molecule has 0 saturated heterocycles. The third kappa shape index (κ3) is 2.87. The average Bonchev–Trinajstić information content (AvgIpc) is 2.25. The molecule has 0 amide bonds. The summed E-state index contributed by atoms with van der Waals surface area (Å²) in [6, 6.07) is 5.06. The molecule has 16 heavy (non-hydrogen) atoms. The van der Waals surface area contributed by atoms with Crippen molar-refractivity contribution in [1.82, 2.24) is 0 Å². The number of benzene rings is 1. The van der Waals surface area contributed by atoms with E-state index >= 15 is 0 Å². The third-order valence-corrected chi connectivity index (χ3v) is 2.69. The Morgan fingerprint density at radius 2 is 1.75 bits per heavy atom. The Bertz CT molecular complexity index is 322. The van der Waals surface area contributed by atoms with Crippen LogP contribution in [0.4, 0.5) is 11.4 Å². The molecule has 0 spiro atoms. The van der Waals surface area contributed by atoms with Gasteiger partial charge >= 0.3 is 0 Å². The number of nitrogens with two attached hydrogens (primary N) is 2. The van der Waals surface area contributed by atoms with E-state index in [1.807, 2.05) is 6.92 Å². The van der Waals surface area contributed by atoms with Crippen molar-refractivity contribution in [1.29, 1.82) is 0 Å². The molecule has 0 bridgehead atoms. The molecule has 1 aromatic rings. The summed E-state index contributed by atoms with van der Waals surface area (Å²) in [6.07, 6.45) is 0.569. The van der Waals surface area contributed by atoms with Crippen LogP contribution in [0, 0.1) is 0 Å². The van der Waals surface area contributed by atoms with Gasteiger partial charge in [-0.1, -0.05) is 25.8 Å². The standard InChI is InChI=1S/C12H20N2O2/c1-2-3-7-10(15)12(16)11-8(13)5-4-6-9(11)14/h4-6,10,12,15-16H,2-3,7,13-14H2,1H3/t10-,12+/m1/s1. The van der Waals surface area contributed by atoms with E-state index in [9.17, 15) is 10.2 Å². The molecule has 1 aromatic carbocycles. The summed E-state index contributed by atoms with van der Waals surface area (Å²) in [5, 5.41) is 19.8. The normalized spacial score (nSPS) is 14.7. The second-order valence-corrected chi connectivity index (χ2v) is 4.00. The monoisotopic (exact) mass is 224 g/mol. The van der Waals surface area contributed by atoms with E-state index in [2.05, 4.69) is 0 Å². The van der Waals surface area contributed by atoms with Crippen LogP contribution in [0.25, 0.3) is 0 Å². The van der Waals surface area contributed by atoms with E-state index in [0.717, 1.165) is 12.8 Å². The van der Waals surface area contributed by atoms with Crippen LogP contribution in [-0.2, 0) is 0 Å². The van der Waals surface area contributed by atoms with Crippen LogP contribution in [0.15, 0.2) is 18.2 Å². The van der Waals surface area contributed by atoms with Gasteiger partial charge in [-0.3, -0.25) is 0 Å². The van der Waals surface area contributed by atoms with Crippen LogP contribution in [0.1, 0.15) is 37.9 Å². The van der Waals surface area contributed by atoms with Crippen LogP contribution in [-0.4, -0.2) is 16.3 Å². The maximum absolute atomic E-state index is 9.97. The predicted molar refractivity (Wildman–Crippen MR) is 65.8 cm³/mol. The van der Waals surface area contributed by atoms with Crippen LogP contribution in [0.5, 0.6) is 0 Å². The number of anilines is 2. The van der Waals surface area contributed by atoms with Gasteiger partial charge < -0.3 is 21.7 Å². The van der Waals surface area contributed by atoms with Crippen molar-refractivity contribution in [2.24, 2.45) is 0 Å². The molecule has 0 aliphatic heterocycles. The predicted octanol–water partition coefficient (Wildman–Crippen LogP) is 1.44. The van der Waals surface area contributed by atoms with Gasteiger partial charge in [0.15, 0.2) is 0 Å². The minimum absolute atomic E-state index is 0.419. The number of aliphatic hydroxyl groups excluding tert-OH is 2. The number of hydrogen-bond donors (Lipinski definition) is 4. The maximum Gasteiger partial charge on any atom is 0.109 e. The first-order chi connectivity index (χ1) is 7.57. The van der Waals surface area contributed by atoms with Crippen LogP contribution in [0.3, 0.4) is 0 Å². The Morgan fingerprint density at radius 3 is 2.25 bits per heavy atom. The summed E-state index contributed by atoms with van der Waals surface area (Å²) in [4.78, 5) is 0. The molecule has 0 heterocycles. The molecule has 0 radical (unpaired) electrons. The molecule has 1 rings (SSSR count). The molecule has 0 unspecified atom stereocenters. The summed E-state index contributed by atoms with van der Waals surface area (Å²) in [5.74, 6) is 0. The van der Waals surface area contributed by atoms with Gasteiger partial charge in [0.05, 0.1) is 6.10 Å². The maximum atomic E-state index is 9.97. The number of nitrogen functional groups attached to an aromatic ring is 2. The fourth-order valence-corrected chi connectivity index (χ4v) is 1.71. The van der Waals surface area contributed by atoms with Crippen molar-refractivity contribution in [3.05, 3.63) is 23.8 Å². The zero-order chi connectivity index (χ0) is 12.1. The van der Waals surface area contributed by atoms with Crippen LogP contribution < -0.4 is 11.5 Å². The summed E-state index contributed by atoms with van der Waals surface area (Å²) < 4.78 is 0. The molecule has 0 aliphatic rings. The molecule has 2 atom stereocenters. The first kappa shape index (κ1) is 12.8. The molecule has 4 nitrogen and oxygen atoms in total. The zero-order valence-electron chi connectivity index (χ0n) is 9.56. The molecular weight excluding hydrogens is 204 g/mol. The minimum atomic E-state index is -1.01. The topological polar surface area (TPSA) is 92.5 Å². The lowest BCUT2D eigenvalue weighted by Crippen LogP contribution is -2.20. The highest BCUT2D eigenvalue weighted by atomic mass is 16.3. The Kier molecular flexibility index (Phi) is 4.58. The van der Waals surface area contributed by atoms with Crippen molar-refractivity contribution >= 4 is 11.4 Å². The highest BCUT2D eigenvalue weighted by Gasteiger charge is 2.21. The van der Waals surface area contributed by atoms with Gasteiger partial charge in [-0.25, -0.2) is 0 Å². The second-order valence-electron chi connectivity index (χ2n) is 4.00. The Morgan fingerprint density at radius 1 is 1.19 bits per heavy atom.